The molecule has 1 aliphatic heterocycles. The minimum atomic E-state index is -3.64. The lowest BCUT2D eigenvalue weighted by Gasteiger charge is -2.18. The van der Waals surface area contributed by atoms with Crippen molar-refractivity contribution in [3.05, 3.63) is 18.2 Å². The molecular weight excluding hydrogens is 284 g/mol. The van der Waals surface area contributed by atoms with E-state index in [4.69, 9.17) is 4.74 Å². The monoisotopic (exact) mass is 300 g/mol. The van der Waals surface area contributed by atoms with Gasteiger partial charge in [-0.2, -0.15) is 8.42 Å². The summed E-state index contributed by atoms with van der Waals surface area (Å²) in [7, 11) is -3.64. The molecule has 0 aromatic heterocycles. The number of thioether (sulfide) groups is 1. The van der Waals surface area contributed by atoms with Crippen LogP contribution in [-0.2, 0) is 10.0 Å². The van der Waals surface area contributed by atoms with E-state index in [1.807, 2.05) is 13.8 Å². The average Bonchev–Trinajstić information content (AvgIpc) is 2.37. The van der Waals surface area contributed by atoms with Crippen molar-refractivity contribution < 1.29 is 13.2 Å². The Morgan fingerprint density at radius 2 is 2.16 bits per heavy atom. The van der Waals surface area contributed by atoms with Crippen molar-refractivity contribution in [3.8, 4) is 5.75 Å². The van der Waals surface area contributed by atoms with Crippen molar-refractivity contribution in [1.29, 1.82) is 0 Å². The molecule has 1 aliphatic rings. The van der Waals surface area contributed by atoms with Crippen LogP contribution < -0.4 is 10.1 Å². The van der Waals surface area contributed by atoms with Gasteiger partial charge in [-0.1, -0.05) is 18.7 Å². The Morgan fingerprint density at radius 1 is 1.37 bits per heavy atom. The van der Waals surface area contributed by atoms with Crippen LogP contribution in [0.1, 0.15) is 20.3 Å². The van der Waals surface area contributed by atoms with Gasteiger partial charge in [0, 0.05) is 11.8 Å². The molecular formula is C12H16N2O3S2. The number of benzene rings is 1. The lowest BCUT2D eigenvalue weighted by Crippen LogP contribution is -2.19. The maximum absolute atomic E-state index is 12.1. The molecule has 0 aliphatic carbocycles. The van der Waals surface area contributed by atoms with E-state index in [0.717, 1.165) is 12.2 Å². The maximum Gasteiger partial charge on any atom is 0.286 e. The minimum absolute atomic E-state index is 0.166. The van der Waals surface area contributed by atoms with E-state index in [0.29, 0.717) is 23.2 Å². The highest BCUT2D eigenvalue weighted by Gasteiger charge is 2.25. The van der Waals surface area contributed by atoms with Crippen molar-refractivity contribution in [2.24, 2.45) is 4.40 Å². The van der Waals surface area contributed by atoms with Crippen molar-refractivity contribution in [2.45, 2.75) is 25.2 Å². The molecule has 0 unspecified atom stereocenters. The number of nitrogens with zero attached hydrogens (tertiary/aromatic N) is 1. The van der Waals surface area contributed by atoms with Crippen molar-refractivity contribution in [2.75, 3.05) is 17.7 Å². The second kappa shape index (κ2) is 5.83. The van der Waals surface area contributed by atoms with Gasteiger partial charge in [-0.05, 0) is 25.5 Å². The molecule has 0 fully saturated rings. The van der Waals surface area contributed by atoms with E-state index in [1.54, 1.807) is 12.1 Å². The van der Waals surface area contributed by atoms with E-state index in [-0.39, 0.29) is 4.90 Å². The second-order valence-electron chi connectivity index (χ2n) is 3.94. The molecule has 0 saturated heterocycles. The predicted octanol–water partition coefficient (Wildman–Crippen LogP) is 2.70. The van der Waals surface area contributed by atoms with Crippen molar-refractivity contribution >= 4 is 32.6 Å². The van der Waals surface area contributed by atoms with Crippen molar-refractivity contribution in [3.63, 3.8) is 0 Å². The number of nitrogens with one attached hydrogen (secondary N) is 1. The van der Waals surface area contributed by atoms with Crippen LogP contribution in [0.15, 0.2) is 27.5 Å². The zero-order chi connectivity index (χ0) is 13.9. The topological polar surface area (TPSA) is 67.8 Å². The van der Waals surface area contributed by atoms with Gasteiger partial charge in [0.05, 0.1) is 12.3 Å². The van der Waals surface area contributed by atoms with Crippen LogP contribution in [-0.4, -0.2) is 25.9 Å². The molecule has 0 atom stereocenters. The van der Waals surface area contributed by atoms with E-state index in [2.05, 4.69) is 9.71 Å². The number of hydrogen-bond donors (Lipinski definition) is 1. The van der Waals surface area contributed by atoms with Crippen LogP contribution in [0.4, 0.5) is 5.69 Å². The Kier molecular flexibility index (Phi) is 4.36. The smallest absolute Gasteiger partial charge is 0.286 e. The zero-order valence-corrected chi connectivity index (χ0v) is 12.5. The molecule has 0 amide bonds. The van der Waals surface area contributed by atoms with Gasteiger partial charge in [0.2, 0.25) is 0 Å². The number of fused-ring (bicyclic) bond motifs is 1. The molecule has 0 saturated carbocycles. The molecule has 0 bridgehead atoms. The van der Waals surface area contributed by atoms with E-state index in [9.17, 15) is 8.42 Å². The van der Waals surface area contributed by atoms with E-state index >= 15 is 0 Å². The molecule has 0 spiro atoms. The number of anilines is 1. The van der Waals surface area contributed by atoms with Crippen LogP contribution >= 0.6 is 11.8 Å². The van der Waals surface area contributed by atoms with Crippen molar-refractivity contribution in [1.82, 2.24) is 0 Å². The summed E-state index contributed by atoms with van der Waals surface area (Å²) < 4.78 is 33.3. The molecule has 7 heteroatoms. The Bertz CT molecular complexity index is 597. The van der Waals surface area contributed by atoms with Crippen LogP contribution in [0.3, 0.4) is 0 Å². The molecule has 1 N–H and O–H groups in total. The number of ether oxygens (including phenoxy) is 1. The average molecular weight is 300 g/mol. The summed E-state index contributed by atoms with van der Waals surface area (Å²) in [4.78, 5) is 0.166. The van der Waals surface area contributed by atoms with E-state index < -0.39 is 10.0 Å². The largest absolute Gasteiger partial charge is 0.494 e. The third kappa shape index (κ3) is 3.22. The summed E-state index contributed by atoms with van der Waals surface area (Å²) in [5, 5.41) is 3.46. The van der Waals surface area contributed by atoms with Crippen LogP contribution in [0.2, 0.25) is 0 Å². The minimum Gasteiger partial charge on any atom is -0.494 e. The van der Waals surface area contributed by atoms with E-state index in [1.165, 1.54) is 17.8 Å². The molecule has 104 valence electrons. The fourth-order valence-electron chi connectivity index (χ4n) is 1.63. The Hall–Kier alpha value is -1.21. The number of rotatable bonds is 4. The molecule has 5 nitrogen and oxygen atoms in total. The van der Waals surface area contributed by atoms with Gasteiger partial charge >= 0.3 is 0 Å². The molecule has 1 heterocycles. The van der Waals surface area contributed by atoms with Gasteiger partial charge in [-0.3, -0.25) is 0 Å². The second-order valence-corrected chi connectivity index (χ2v) is 6.59. The van der Waals surface area contributed by atoms with Crippen LogP contribution in [0, 0.1) is 0 Å². The summed E-state index contributed by atoms with van der Waals surface area (Å²) in [6, 6.07) is 4.96. The zero-order valence-electron chi connectivity index (χ0n) is 10.8. The number of hydrogen-bond acceptors (Lipinski definition) is 5. The summed E-state index contributed by atoms with van der Waals surface area (Å²) in [6.45, 7) is 4.38. The summed E-state index contributed by atoms with van der Waals surface area (Å²) in [5.41, 5.74) is 0.553. The standard InChI is InChI=1S/C12H16N2O3S2/c1-3-7-18-12-13-10-6-5-9(17-4-2)8-11(10)19(15,16)14-12/h5-6,8H,3-4,7H2,1-2H3,(H,13,14). The lowest BCUT2D eigenvalue weighted by molar-refractivity contribution is 0.339. The first-order valence-corrected chi connectivity index (χ1v) is 8.51. The van der Waals surface area contributed by atoms with Gasteiger partial charge in [0.15, 0.2) is 5.17 Å². The number of amidine groups is 1. The SMILES string of the molecule is CCCSC1=NS(=O)(=O)c2cc(OCC)ccc2N1. The maximum atomic E-state index is 12.1. The quantitative estimate of drug-likeness (QED) is 0.926. The van der Waals surface area contributed by atoms with Gasteiger partial charge in [-0.15, -0.1) is 4.40 Å². The first kappa shape index (κ1) is 14.2. The Balaban J connectivity index is 2.34. The molecule has 1 aromatic rings. The predicted molar refractivity (Wildman–Crippen MR) is 78.6 cm³/mol. The first-order valence-electron chi connectivity index (χ1n) is 6.08. The van der Waals surface area contributed by atoms with Gasteiger partial charge < -0.3 is 10.1 Å². The summed E-state index contributed by atoms with van der Waals surface area (Å²) in [6.07, 6.45) is 0.960. The summed E-state index contributed by atoms with van der Waals surface area (Å²) in [5.74, 6) is 1.36. The highest BCUT2D eigenvalue weighted by molar-refractivity contribution is 8.14. The van der Waals surface area contributed by atoms with Crippen LogP contribution in [0.5, 0.6) is 5.75 Å². The normalized spacial score (nSPS) is 16.2. The highest BCUT2D eigenvalue weighted by atomic mass is 32.2. The molecule has 1 aromatic carbocycles. The fourth-order valence-corrected chi connectivity index (χ4v) is 3.74. The summed E-state index contributed by atoms with van der Waals surface area (Å²) >= 11 is 1.41. The van der Waals surface area contributed by atoms with Gasteiger partial charge in [0.1, 0.15) is 10.6 Å². The highest BCUT2D eigenvalue weighted by Crippen LogP contribution is 2.32. The van der Waals surface area contributed by atoms with Gasteiger partial charge in [0.25, 0.3) is 10.0 Å². The first-order chi connectivity index (χ1) is 9.06. The third-order valence-corrected chi connectivity index (χ3v) is 4.94. The molecule has 0 radical (unpaired) electrons. The molecule has 19 heavy (non-hydrogen) atoms. The Morgan fingerprint density at radius 3 is 2.84 bits per heavy atom. The van der Waals surface area contributed by atoms with Gasteiger partial charge in [-0.25, -0.2) is 0 Å². The van der Waals surface area contributed by atoms with Crippen LogP contribution in [0.25, 0.3) is 0 Å². The molecule has 2 rings (SSSR count). The fraction of sp³-hybridized carbons (Fsp3) is 0.417. The third-order valence-electron chi connectivity index (χ3n) is 2.43. The lowest BCUT2D eigenvalue weighted by atomic mass is 10.3. The Labute approximate surface area is 117 Å². The number of sulfonamides is 1.